The number of hydrogen-bond donors (Lipinski definition) is 0. The van der Waals surface area contributed by atoms with Crippen LogP contribution in [0.1, 0.15) is 42.9 Å². The van der Waals surface area contributed by atoms with Gasteiger partial charge in [-0.05, 0) is 68.8 Å². The smallest absolute Gasteiger partial charge is 0.133 e. The third kappa shape index (κ3) is 2.89. The molecular weight excluding hydrogens is 234 g/mol. The molecule has 1 heterocycles. The number of fused-ring (bicyclic) bond motifs is 1. The normalized spacial score (nSPS) is 20.5. The lowest BCUT2D eigenvalue weighted by atomic mass is 9.93. The van der Waals surface area contributed by atoms with E-state index >= 15 is 0 Å². The second-order valence-electron chi connectivity index (χ2n) is 6.12. The van der Waals surface area contributed by atoms with Crippen molar-refractivity contribution in [2.75, 3.05) is 13.1 Å². The Bertz CT molecular complexity index is 472. The van der Waals surface area contributed by atoms with Gasteiger partial charge in [0.2, 0.25) is 0 Å². The number of ketones is 1. The minimum absolute atomic E-state index is 0.316. The average Bonchev–Trinajstić information content (AvgIpc) is 2.87. The first-order valence-electron chi connectivity index (χ1n) is 7.56. The van der Waals surface area contributed by atoms with Gasteiger partial charge in [-0.25, -0.2) is 0 Å². The van der Waals surface area contributed by atoms with Gasteiger partial charge in [0.1, 0.15) is 5.78 Å². The summed E-state index contributed by atoms with van der Waals surface area (Å²) in [6, 6.07) is 7.01. The van der Waals surface area contributed by atoms with E-state index < -0.39 is 0 Å². The average molecular weight is 257 g/mol. The summed E-state index contributed by atoms with van der Waals surface area (Å²) in [6.07, 6.45) is 5.93. The van der Waals surface area contributed by atoms with Crippen LogP contribution in [0.4, 0.5) is 0 Å². The molecule has 102 valence electrons. The predicted molar refractivity (Wildman–Crippen MR) is 77.1 cm³/mol. The van der Waals surface area contributed by atoms with Gasteiger partial charge in [-0.3, -0.25) is 9.69 Å². The van der Waals surface area contributed by atoms with Crippen LogP contribution in [0.25, 0.3) is 0 Å². The third-order valence-corrected chi connectivity index (χ3v) is 4.73. The van der Waals surface area contributed by atoms with E-state index in [9.17, 15) is 4.79 Å². The Morgan fingerprint density at radius 1 is 1.21 bits per heavy atom. The summed E-state index contributed by atoms with van der Waals surface area (Å²) < 4.78 is 0. The monoisotopic (exact) mass is 257 g/mol. The molecule has 0 spiro atoms. The summed E-state index contributed by atoms with van der Waals surface area (Å²) in [4.78, 5) is 13.9. The van der Waals surface area contributed by atoms with Crippen molar-refractivity contribution in [2.24, 2.45) is 5.92 Å². The molecule has 0 unspecified atom stereocenters. The number of rotatable bonds is 3. The van der Waals surface area contributed by atoms with Crippen LogP contribution < -0.4 is 0 Å². The molecule has 0 aromatic heterocycles. The molecular formula is C17H23NO. The molecule has 1 fully saturated rings. The zero-order chi connectivity index (χ0) is 13.2. The molecule has 19 heavy (non-hydrogen) atoms. The number of carbonyl (C=O) groups is 1. The first-order valence-corrected chi connectivity index (χ1v) is 7.56. The number of piperidine rings is 1. The molecule has 1 aromatic rings. The zero-order valence-corrected chi connectivity index (χ0v) is 11.8. The Kier molecular flexibility index (Phi) is 3.69. The number of likely N-dealkylation sites (tertiary alicyclic amines) is 1. The van der Waals surface area contributed by atoms with Crippen molar-refractivity contribution < 1.29 is 4.79 Å². The minimum Gasteiger partial charge on any atom is -0.300 e. The van der Waals surface area contributed by atoms with Crippen molar-refractivity contribution in [3.63, 3.8) is 0 Å². The summed E-state index contributed by atoms with van der Waals surface area (Å²) in [5.74, 6) is 0.688. The topological polar surface area (TPSA) is 20.3 Å². The summed E-state index contributed by atoms with van der Waals surface area (Å²) in [7, 11) is 0. The van der Waals surface area contributed by atoms with Crippen molar-refractivity contribution in [1.29, 1.82) is 0 Å². The molecule has 2 nitrogen and oxygen atoms in total. The zero-order valence-electron chi connectivity index (χ0n) is 11.8. The Balaban J connectivity index is 1.59. The first-order chi connectivity index (χ1) is 9.22. The van der Waals surface area contributed by atoms with Crippen molar-refractivity contribution >= 4 is 5.78 Å². The number of aryl methyl sites for hydroxylation is 2. The van der Waals surface area contributed by atoms with Gasteiger partial charge in [0.05, 0.1) is 0 Å². The number of benzene rings is 1. The number of carbonyl (C=O) groups excluding carboxylic acids is 1. The minimum atomic E-state index is 0.316. The van der Waals surface area contributed by atoms with Crippen LogP contribution >= 0.6 is 0 Å². The largest absolute Gasteiger partial charge is 0.300 e. The quantitative estimate of drug-likeness (QED) is 0.829. The Morgan fingerprint density at radius 3 is 2.68 bits per heavy atom. The summed E-state index contributed by atoms with van der Waals surface area (Å²) in [5.41, 5.74) is 4.57. The molecule has 2 aliphatic rings. The Morgan fingerprint density at radius 2 is 1.95 bits per heavy atom. The maximum atomic E-state index is 11.4. The van der Waals surface area contributed by atoms with Crippen molar-refractivity contribution in [1.82, 2.24) is 4.90 Å². The molecule has 1 aromatic carbocycles. The molecule has 0 radical (unpaired) electrons. The van der Waals surface area contributed by atoms with Gasteiger partial charge in [0, 0.05) is 12.5 Å². The van der Waals surface area contributed by atoms with Gasteiger partial charge >= 0.3 is 0 Å². The maximum Gasteiger partial charge on any atom is 0.133 e. The fraction of sp³-hybridized carbons (Fsp3) is 0.588. The molecule has 0 saturated carbocycles. The molecule has 0 bridgehead atoms. The van der Waals surface area contributed by atoms with Crippen molar-refractivity contribution in [2.45, 2.75) is 45.6 Å². The van der Waals surface area contributed by atoms with E-state index in [1.54, 1.807) is 18.1 Å². The SMILES string of the molecule is CC(=O)C1CCN(Cc2ccc3c(c2)CCC3)CC1. The van der Waals surface area contributed by atoms with Crippen LogP contribution in [0.2, 0.25) is 0 Å². The Labute approximate surface area is 115 Å². The van der Waals surface area contributed by atoms with Gasteiger partial charge in [-0.1, -0.05) is 18.2 Å². The standard InChI is InChI=1S/C17H23NO/c1-13(19)15-7-9-18(10-8-15)12-14-5-6-16-3-2-4-17(16)11-14/h5-6,11,15H,2-4,7-10,12H2,1H3. The second-order valence-corrected chi connectivity index (χ2v) is 6.12. The van der Waals surface area contributed by atoms with E-state index in [1.807, 2.05) is 0 Å². The lowest BCUT2D eigenvalue weighted by Gasteiger charge is -2.30. The van der Waals surface area contributed by atoms with Crippen LogP contribution in [0.5, 0.6) is 0 Å². The van der Waals surface area contributed by atoms with Crippen molar-refractivity contribution in [3.05, 3.63) is 34.9 Å². The van der Waals surface area contributed by atoms with E-state index in [1.165, 1.54) is 24.8 Å². The van der Waals surface area contributed by atoms with Crippen LogP contribution in [-0.2, 0) is 24.2 Å². The molecule has 1 aliphatic heterocycles. The molecule has 1 saturated heterocycles. The van der Waals surface area contributed by atoms with Crippen LogP contribution in [-0.4, -0.2) is 23.8 Å². The molecule has 3 rings (SSSR count). The maximum absolute atomic E-state index is 11.4. The molecule has 1 aliphatic carbocycles. The second kappa shape index (κ2) is 5.46. The van der Waals surface area contributed by atoms with Gasteiger partial charge in [-0.15, -0.1) is 0 Å². The van der Waals surface area contributed by atoms with E-state index in [4.69, 9.17) is 0 Å². The van der Waals surface area contributed by atoms with Crippen molar-refractivity contribution in [3.8, 4) is 0 Å². The Hall–Kier alpha value is -1.15. The van der Waals surface area contributed by atoms with Crippen LogP contribution in [0, 0.1) is 5.92 Å². The van der Waals surface area contributed by atoms with E-state index in [2.05, 4.69) is 23.1 Å². The highest BCUT2D eigenvalue weighted by atomic mass is 16.1. The molecule has 0 atom stereocenters. The highest BCUT2D eigenvalue weighted by Gasteiger charge is 2.22. The van der Waals surface area contributed by atoms with Crippen LogP contribution in [0.15, 0.2) is 18.2 Å². The number of nitrogens with zero attached hydrogens (tertiary/aromatic N) is 1. The third-order valence-electron chi connectivity index (χ3n) is 4.73. The molecule has 0 N–H and O–H groups in total. The fourth-order valence-electron chi connectivity index (χ4n) is 3.48. The lowest BCUT2D eigenvalue weighted by Crippen LogP contribution is -2.35. The fourth-order valence-corrected chi connectivity index (χ4v) is 3.48. The van der Waals surface area contributed by atoms with E-state index in [-0.39, 0.29) is 0 Å². The lowest BCUT2D eigenvalue weighted by molar-refractivity contribution is -0.122. The van der Waals surface area contributed by atoms with Gasteiger partial charge < -0.3 is 0 Å². The number of hydrogen-bond acceptors (Lipinski definition) is 2. The summed E-state index contributed by atoms with van der Waals surface area (Å²) in [5, 5.41) is 0. The van der Waals surface area contributed by atoms with E-state index in [0.717, 1.165) is 32.5 Å². The molecule has 0 amide bonds. The molecule has 2 heteroatoms. The van der Waals surface area contributed by atoms with Crippen LogP contribution in [0.3, 0.4) is 0 Å². The highest BCUT2D eigenvalue weighted by Crippen LogP contribution is 2.25. The summed E-state index contributed by atoms with van der Waals surface area (Å²) >= 11 is 0. The predicted octanol–water partition coefficient (Wildman–Crippen LogP) is 2.98. The number of Topliss-reactive ketones (excluding diaryl/α,β-unsaturated/α-hetero) is 1. The van der Waals surface area contributed by atoms with Gasteiger partial charge in [0.15, 0.2) is 0 Å². The van der Waals surface area contributed by atoms with E-state index in [0.29, 0.717) is 11.7 Å². The summed E-state index contributed by atoms with van der Waals surface area (Å²) in [6.45, 7) is 4.93. The van der Waals surface area contributed by atoms with Gasteiger partial charge in [0.25, 0.3) is 0 Å². The van der Waals surface area contributed by atoms with Gasteiger partial charge in [-0.2, -0.15) is 0 Å². The first kappa shape index (κ1) is 12.9. The highest BCUT2D eigenvalue weighted by molar-refractivity contribution is 5.78.